The molecule has 1 unspecified atom stereocenters. The summed E-state index contributed by atoms with van der Waals surface area (Å²) in [6.07, 6.45) is 1.58. The lowest BCUT2D eigenvalue weighted by Crippen LogP contribution is -2.42. The van der Waals surface area contributed by atoms with E-state index in [-0.39, 0.29) is 12.0 Å². The lowest BCUT2D eigenvalue weighted by Gasteiger charge is -2.21. The molecule has 1 rings (SSSR count). The Morgan fingerprint density at radius 1 is 1.47 bits per heavy atom. The minimum Gasteiger partial charge on any atom is -0.480 e. The number of carboxylic acids is 1. The second-order valence-corrected chi connectivity index (χ2v) is 3.96. The molecule has 1 heterocycles. The Kier molecular flexibility index (Phi) is 3.91. The van der Waals surface area contributed by atoms with Crippen LogP contribution < -0.4 is 5.32 Å². The maximum absolute atomic E-state index is 11.0. The van der Waals surface area contributed by atoms with Crippen molar-refractivity contribution in [1.29, 1.82) is 0 Å². The fourth-order valence-electron chi connectivity index (χ4n) is 1.44. The quantitative estimate of drug-likeness (QED) is 0.782. The first kappa shape index (κ1) is 11.8. The van der Waals surface area contributed by atoms with Crippen LogP contribution in [0.5, 0.6) is 0 Å². The van der Waals surface area contributed by atoms with Crippen LogP contribution in [-0.2, 0) is 4.79 Å². The maximum Gasteiger partial charge on any atom is 0.320 e. The molecular weight excluding hydrogens is 194 g/mol. The highest BCUT2D eigenvalue weighted by atomic mass is 16.4. The molecule has 84 valence electrons. The third-order valence-electron chi connectivity index (χ3n) is 2.33. The van der Waals surface area contributed by atoms with Crippen molar-refractivity contribution in [3.63, 3.8) is 0 Å². The molecular formula is C11H17NO3. The van der Waals surface area contributed by atoms with Gasteiger partial charge in [0.05, 0.1) is 12.3 Å². The summed E-state index contributed by atoms with van der Waals surface area (Å²) < 4.78 is 5.20. The fourth-order valence-corrected chi connectivity index (χ4v) is 1.44. The zero-order valence-corrected chi connectivity index (χ0v) is 9.23. The van der Waals surface area contributed by atoms with Crippen LogP contribution in [-0.4, -0.2) is 17.1 Å². The highest BCUT2D eigenvalue weighted by Crippen LogP contribution is 2.15. The lowest BCUT2D eigenvalue weighted by atomic mass is 10.0. The van der Waals surface area contributed by atoms with Crippen LogP contribution >= 0.6 is 0 Å². The Morgan fingerprint density at radius 2 is 2.13 bits per heavy atom. The van der Waals surface area contributed by atoms with E-state index < -0.39 is 12.0 Å². The van der Waals surface area contributed by atoms with Crippen molar-refractivity contribution in [2.24, 2.45) is 5.92 Å². The lowest BCUT2D eigenvalue weighted by molar-refractivity contribution is -0.140. The van der Waals surface area contributed by atoms with Crippen LogP contribution in [0.25, 0.3) is 0 Å². The zero-order valence-electron chi connectivity index (χ0n) is 9.23. The topological polar surface area (TPSA) is 62.5 Å². The van der Waals surface area contributed by atoms with Crippen LogP contribution in [0.15, 0.2) is 22.8 Å². The smallest absolute Gasteiger partial charge is 0.320 e. The normalized spacial score (nSPS) is 15.2. The number of hydrogen-bond acceptors (Lipinski definition) is 3. The Morgan fingerprint density at radius 3 is 2.53 bits per heavy atom. The number of nitrogens with one attached hydrogen (secondary N) is 1. The summed E-state index contributed by atoms with van der Waals surface area (Å²) in [5.74, 6) is -0.0368. The number of furan rings is 1. The monoisotopic (exact) mass is 211 g/mol. The molecule has 0 radical (unpaired) electrons. The van der Waals surface area contributed by atoms with Crippen molar-refractivity contribution < 1.29 is 14.3 Å². The molecule has 0 aliphatic heterocycles. The second-order valence-electron chi connectivity index (χ2n) is 3.96. The SMILES string of the molecule is CC(C)C(N[C@H](C)c1ccco1)C(=O)O. The minimum atomic E-state index is -0.830. The van der Waals surface area contributed by atoms with Gasteiger partial charge in [-0.25, -0.2) is 0 Å². The van der Waals surface area contributed by atoms with Gasteiger partial charge in [-0.3, -0.25) is 10.1 Å². The highest BCUT2D eigenvalue weighted by molar-refractivity contribution is 5.73. The molecule has 1 aromatic rings. The molecule has 0 spiro atoms. The van der Waals surface area contributed by atoms with E-state index >= 15 is 0 Å². The van der Waals surface area contributed by atoms with Crippen molar-refractivity contribution in [3.8, 4) is 0 Å². The summed E-state index contributed by atoms with van der Waals surface area (Å²) in [7, 11) is 0. The molecule has 0 amide bonds. The van der Waals surface area contributed by atoms with Crippen LogP contribution in [0, 0.1) is 5.92 Å². The van der Waals surface area contributed by atoms with Crippen LogP contribution in [0.3, 0.4) is 0 Å². The van der Waals surface area contributed by atoms with E-state index in [1.807, 2.05) is 26.8 Å². The van der Waals surface area contributed by atoms with Crippen LogP contribution in [0.4, 0.5) is 0 Å². The fraction of sp³-hybridized carbons (Fsp3) is 0.545. The highest BCUT2D eigenvalue weighted by Gasteiger charge is 2.24. The van der Waals surface area contributed by atoms with E-state index in [1.165, 1.54) is 0 Å². The van der Waals surface area contributed by atoms with Crippen molar-refractivity contribution in [2.45, 2.75) is 32.9 Å². The first-order chi connectivity index (χ1) is 7.02. The van der Waals surface area contributed by atoms with E-state index in [0.29, 0.717) is 0 Å². The third kappa shape index (κ3) is 3.09. The summed E-state index contributed by atoms with van der Waals surface area (Å²) in [6, 6.07) is 2.98. The van der Waals surface area contributed by atoms with E-state index in [9.17, 15) is 4.79 Å². The van der Waals surface area contributed by atoms with E-state index in [1.54, 1.807) is 12.3 Å². The van der Waals surface area contributed by atoms with Gasteiger partial charge in [0.1, 0.15) is 11.8 Å². The minimum absolute atomic E-state index is 0.0416. The van der Waals surface area contributed by atoms with E-state index in [0.717, 1.165) is 5.76 Å². The molecule has 0 fully saturated rings. The Balaban J connectivity index is 2.63. The van der Waals surface area contributed by atoms with Gasteiger partial charge < -0.3 is 9.52 Å². The molecule has 0 aliphatic carbocycles. The van der Waals surface area contributed by atoms with Gasteiger partial charge in [0.25, 0.3) is 0 Å². The van der Waals surface area contributed by atoms with Crippen LogP contribution in [0.1, 0.15) is 32.6 Å². The predicted molar refractivity (Wildman–Crippen MR) is 56.5 cm³/mol. The summed E-state index contributed by atoms with van der Waals surface area (Å²) >= 11 is 0. The average Bonchev–Trinajstić information content (AvgIpc) is 2.65. The molecule has 4 nitrogen and oxygen atoms in total. The Bertz CT molecular complexity index is 306. The van der Waals surface area contributed by atoms with Gasteiger partial charge in [-0.15, -0.1) is 0 Å². The Hall–Kier alpha value is -1.29. The summed E-state index contributed by atoms with van der Waals surface area (Å²) in [5, 5.41) is 12.0. The number of carboxylic acid groups (broad SMARTS) is 1. The Labute approximate surface area is 89.3 Å². The summed E-state index contributed by atoms with van der Waals surface area (Å²) in [5.41, 5.74) is 0. The van der Waals surface area contributed by atoms with Gasteiger partial charge >= 0.3 is 5.97 Å². The summed E-state index contributed by atoms with van der Waals surface area (Å²) in [4.78, 5) is 11.0. The van der Waals surface area contributed by atoms with Crippen molar-refractivity contribution >= 4 is 5.97 Å². The van der Waals surface area contributed by atoms with E-state index in [4.69, 9.17) is 9.52 Å². The molecule has 4 heteroatoms. The molecule has 2 atom stereocenters. The molecule has 15 heavy (non-hydrogen) atoms. The average molecular weight is 211 g/mol. The molecule has 2 N–H and O–H groups in total. The summed E-state index contributed by atoms with van der Waals surface area (Å²) in [6.45, 7) is 5.64. The van der Waals surface area contributed by atoms with Crippen molar-refractivity contribution in [3.05, 3.63) is 24.2 Å². The van der Waals surface area contributed by atoms with Crippen LogP contribution in [0.2, 0.25) is 0 Å². The van der Waals surface area contributed by atoms with Gasteiger partial charge in [0.15, 0.2) is 0 Å². The molecule has 0 saturated heterocycles. The second kappa shape index (κ2) is 4.98. The van der Waals surface area contributed by atoms with Crippen molar-refractivity contribution in [2.75, 3.05) is 0 Å². The number of aliphatic carboxylic acids is 1. The number of rotatable bonds is 5. The number of carbonyl (C=O) groups is 1. The van der Waals surface area contributed by atoms with Gasteiger partial charge in [-0.1, -0.05) is 13.8 Å². The van der Waals surface area contributed by atoms with Gasteiger partial charge in [-0.2, -0.15) is 0 Å². The first-order valence-corrected chi connectivity index (χ1v) is 5.04. The first-order valence-electron chi connectivity index (χ1n) is 5.04. The maximum atomic E-state index is 11.0. The third-order valence-corrected chi connectivity index (χ3v) is 2.33. The van der Waals surface area contributed by atoms with E-state index in [2.05, 4.69) is 5.32 Å². The molecule has 0 saturated carbocycles. The largest absolute Gasteiger partial charge is 0.480 e. The van der Waals surface area contributed by atoms with Gasteiger partial charge in [-0.05, 0) is 25.0 Å². The molecule has 1 aromatic heterocycles. The number of hydrogen-bond donors (Lipinski definition) is 2. The standard InChI is InChI=1S/C11H17NO3/c1-7(2)10(11(13)14)12-8(3)9-5-4-6-15-9/h4-8,10,12H,1-3H3,(H,13,14)/t8-,10?/m1/s1. The molecule has 0 bridgehead atoms. The zero-order chi connectivity index (χ0) is 11.4. The van der Waals surface area contributed by atoms with Crippen molar-refractivity contribution in [1.82, 2.24) is 5.32 Å². The van der Waals surface area contributed by atoms with Gasteiger partial charge in [0, 0.05) is 0 Å². The molecule has 0 aromatic carbocycles. The molecule has 0 aliphatic rings. The van der Waals surface area contributed by atoms with Gasteiger partial charge in [0.2, 0.25) is 0 Å². The predicted octanol–water partition coefficient (Wildman–Crippen LogP) is 2.04.